The summed E-state index contributed by atoms with van der Waals surface area (Å²) in [5.41, 5.74) is 0. The minimum absolute atomic E-state index is 0.277. The van der Waals surface area contributed by atoms with E-state index in [4.69, 9.17) is 8.92 Å². The molecule has 0 aromatic carbocycles. The Balaban J connectivity index is 4.15. The number of carbonyl (C=O) groups is 2. The first-order valence-corrected chi connectivity index (χ1v) is 10.1. The average Bonchev–Trinajstić information content (AvgIpc) is 2.55. The molecule has 1 unspecified atom stereocenters. The highest BCUT2D eigenvalue weighted by atomic mass is 32.2. The normalized spacial score (nSPS) is 12.0. The molecule has 0 N–H and O–H groups in total. The van der Waals surface area contributed by atoms with Gasteiger partial charge in [-0.15, -0.1) is 0 Å². The first-order chi connectivity index (χ1) is 11.2. The van der Waals surface area contributed by atoms with Crippen LogP contribution in [0.3, 0.4) is 0 Å². The molecule has 0 spiro atoms. The SMILES string of the molecule is CCCCCCCC(=O)OC(CCCCCC)C(=O)OSCC. The summed E-state index contributed by atoms with van der Waals surface area (Å²) >= 11 is 1.10. The fourth-order valence-corrected chi connectivity index (χ4v) is 2.58. The summed E-state index contributed by atoms with van der Waals surface area (Å²) in [6, 6.07) is 0. The maximum absolute atomic E-state index is 12.0. The van der Waals surface area contributed by atoms with Gasteiger partial charge >= 0.3 is 11.9 Å². The van der Waals surface area contributed by atoms with Crippen LogP contribution < -0.4 is 0 Å². The quantitative estimate of drug-likeness (QED) is 0.224. The zero-order chi connectivity index (χ0) is 17.3. The maximum atomic E-state index is 12.0. The van der Waals surface area contributed by atoms with Crippen LogP contribution in [0.1, 0.15) is 91.4 Å². The van der Waals surface area contributed by atoms with Gasteiger partial charge in [0.25, 0.3) is 0 Å². The molecule has 0 aliphatic rings. The van der Waals surface area contributed by atoms with Crippen LogP contribution >= 0.6 is 12.0 Å². The van der Waals surface area contributed by atoms with Crippen molar-refractivity contribution >= 4 is 24.0 Å². The van der Waals surface area contributed by atoms with E-state index in [-0.39, 0.29) is 5.97 Å². The predicted molar refractivity (Wildman–Crippen MR) is 96.2 cm³/mol. The molecular weight excluding hydrogens is 312 g/mol. The molecule has 0 radical (unpaired) electrons. The van der Waals surface area contributed by atoms with Crippen molar-refractivity contribution in [2.24, 2.45) is 0 Å². The molecule has 0 aliphatic carbocycles. The molecule has 4 nitrogen and oxygen atoms in total. The molecule has 0 aliphatic heterocycles. The van der Waals surface area contributed by atoms with E-state index in [1.807, 2.05) is 6.92 Å². The fraction of sp³-hybridized carbons (Fsp3) is 0.889. The van der Waals surface area contributed by atoms with Crippen LogP contribution in [0.25, 0.3) is 0 Å². The lowest BCUT2D eigenvalue weighted by Crippen LogP contribution is -2.28. The first kappa shape index (κ1) is 22.3. The summed E-state index contributed by atoms with van der Waals surface area (Å²) in [7, 11) is 0. The zero-order valence-electron chi connectivity index (χ0n) is 15.1. The van der Waals surface area contributed by atoms with Crippen LogP contribution in [-0.2, 0) is 18.5 Å². The van der Waals surface area contributed by atoms with Crippen LogP contribution in [-0.4, -0.2) is 23.8 Å². The number of esters is 1. The lowest BCUT2D eigenvalue weighted by molar-refractivity contribution is -0.162. The number of ether oxygens (including phenoxy) is 1. The molecule has 136 valence electrons. The molecule has 0 fully saturated rings. The van der Waals surface area contributed by atoms with Crippen molar-refractivity contribution in [2.75, 3.05) is 5.75 Å². The highest BCUT2D eigenvalue weighted by molar-refractivity contribution is 7.95. The van der Waals surface area contributed by atoms with Crippen LogP contribution in [0.4, 0.5) is 0 Å². The monoisotopic (exact) mass is 346 g/mol. The van der Waals surface area contributed by atoms with E-state index < -0.39 is 12.1 Å². The molecule has 0 saturated heterocycles. The molecule has 0 bridgehead atoms. The van der Waals surface area contributed by atoms with Crippen molar-refractivity contribution in [3.63, 3.8) is 0 Å². The smallest absolute Gasteiger partial charge is 0.359 e. The molecule has 1 atom stereocenters. The van der Waals surface area contributed by atoms with Crippen molar-refractivity contribution < 1.29 is 18.5 Å². The molecular formula is C18H34O4S. The fourth-order valence-electron chi connectivity index (χ4n) is 2.24. The van der Waals surface area contributed by atoms with Crippen molar-refractivity contribution in [3.8, 4) is 0 Å². The molecule has 23 heavy (non-hydrogen) atoms. The lowest BCUT2D eigenvalue weighted by Gasteiger charge is -2.16. The van der Waals surface area contributed by atoms with E-state index in [2.05, 4.69) is 13.8 Å². The van der Waals surface area contributed by atoms with Crippen LogP contribution in [0.5, 0.6) is 0 Å². The number of unbranched alkanes of at least 4 members (excludes halogenated alkanes) is 7. The van der Waals surface area contributed by atoms with Gasteiger partial charge in [0, 0.05) is 12.2 Å². The van der Waals surface area contributed by atoms with Crippen molar-refractivity contribution in [2.45, 2.75) is 97.5 Å². The number of rotatable bonds is 15. The van der Waals surface area contributed by atoms with Gasteiger partial charge in [-0.05, 0) is 19.3 Å². The van der Waals surface area contributed by atoms with Gasteiger partial charge in [0.15, 0.2) is 6.10 Å². The Morgan fingerprint density at radius 2 is 1.48 bits per heavy atom. The molecule has 0 rings (SSSR count). The Hall–Kier alpha value is -0.710. The highest BCUT2D eigenvalue weighted by Crippen LogP contribution is 2.15. The van der Waals surface area contributed by atoms with Gasteiger partial charge in [-0.1, -0.05) is 65.7 Å². The molecule has 0 saturated carbocycles. The average molecular weight is 347 g/mol. The van der Waals surface area contributed by atoms with Gasteiger partial charge in [0.05, 0.1) is 12.0 Å². The van der Waals surface area contributed by atoms with E-state index >= 15 is 0 Å². The molecule has 0 aromatic heterocycles. The van der Waals surface area contributed by atoms with E-state index in [0.29, 0.717) is 18.6 Å². The van der Waals surface area contributed by atoms with Crippen LogP contribution in [0.2, 0.25) is 0 Å². The summed E-state index contributed by atoms with van der Waals surface area (Å²) in [5, 5.41) is 0. The Bertz CT molecular complexity index is 307. The van der Waals surface area contributed by atoms with Crippen LogP contribution in [0, 0.1) is 0 Å². The molecule has 0 aromatic rings. The van der Waals surface area contributed by atoms with Gasteiger partial charge in [-0.2, -0.15) is 0 Å². The largest absolute Gasteiger partial charge is 0.450 e. The van der Waals surface area contributed by atoms with E-state index in [1.54, 1.807) is 0 Å². The second kappa shape index (κ2) is 16.2. The molecule has 0 heterocycles. The number of hydrogen-bond donors (Lipinski definition) is 0. The maximum Gasteiger partial charge on any atom is 0.359 e. The summed E-state index contributed by atoms with van der Waals surface area (Å²) in [5.74, 6) is -0.00670. The van der Waals surface area contributed by atoms with Crippen molar-refractivity contribution in [1.82, 2.24) is 0 Å². The standard InChI is InChI=1S/C18H34O4S/c1-4-7-9-11-13-15-17(19)21-16(14-12-10-8-5-2)18(20)22-23-6-3/h16H,4-15H2,1-3H3. The van der Waals surface area contributed by atoms with Gasteiger partial charge in [-0.3, -0.25) is 4.79 Å². The second-order valence-corrected chi connectivity index (χ2v) is 6.78. The molecule has 5 heteroatoms. The summed E-state index contributed by atoms with van der Waals surface area (Å²) < 4.78 is 10.4. The van der Waals surface area contributed by atoms with E-state index in [0.717, 1.165) is 57.0 Å². The Morgan fingerprint density at radius 3 is 2.09 bits per heavy atom. The zero-order valence-corrected chi connectivity index (χ0v) is 15.9. The van der Waals surface area contributed by atoms with Gasteiger partial charge in [-0.25, -0.2) is 4.79 Å². The Morgan fingerprint density at radius 1 is 0.870 bits per heavy atom. The van der Waals surface area contributed by atoms with E-state index in [1.165, 1.54) is 12.8 Å². The highest BCUT2D eigenvalue weighted by Gasteiger charge is 2.24. The Labute approximate surface area is 146 Å². The minimum Gasteiger partial charge on any atom is -0.450 e. The van der Waals surface area contributed by atoms with Gasteiger partial charge < -0.3 is 8.92 Å². The minimum atomic E-state index is -0.742. The number of hydrogen-bond acceptors (Lipinski definition) is 5. The number of carbonyl (C=O) groups excluding carboxylic acids is 2. The third kappa shape index (κ3) is 13.4. The second-order valence-electron chi connectivity index (χ2n) is 5.80. The van der Waals surface area contributed by atoms with Crippen molar-refractivity contribution in [1.29, 1.82) is 0 Å². The Kier molecular flexibility index (Phi) is 15.7. The summed E-state index contributed by atoms with van der Waals surface area (Å²) in [4.78, 5) is 23.9. The van der Waals surface area contributed by atoms with Gasteiger partial charge in [0.2, 0.25) is 0 Å². The third-order valence-corrected chi connectivity index (χ3v) is 4.12. The predicted octanol–water partition coefficient (Wildman–Crippen LogP) is 5.44. The van der Waals surface area contributed by atoms with Gasteiger partial charge in [0.1, 0.15) is 0 Å². The topological polar surface area (TPSA) is 52.6 Å². The lowest BCUT2D eigenvalue weighted by atomic mass is 10.1. The summed E-state index contributed by atoms with van der Waals surface area (Å²) in [6.45, 7) is 6.22. The van der Waals surface area contributed by atoms with Crippen molar-refractivity contribution in [3.05, 3.63) is 0 Å². The molecule has 0 amide bonds. The van der Waals surface area contributed by atoms with Crippen LogP contribution in [0.15, 0.2) is 0 Å². The third-order valence-electron chi connectivity index (χ3n) is 3.60. The first-order valence-electron chi connectivity index (χ1n) is 9.18. The van der Waals surface area contributed by atoms with E-state index in [9.17, 15) is 9.59 Å². The summed E-state index contributed by atoms with van der Waals surface area (Å²) in [6.07, 6.45) is 9.84.